The molecule has 1 saturated carbocycles. The van der Waals surface area contributed by atoms with Crippen molar-refractivity contribution in [1.82, 2.24) is 0 Å². The van der Waals surface area contributed by atoms with Crippen LogP contribution in [0.15, 0.2) is 29.8 Å². The third-order valence-electron chi connectivity index (χ3n) is 3.25. The maximum Gasteiger partial charge on any atom is 0.0497 e. The monoisotopic (exact) mass is 186 g/mol. The van der Waals surface area contributed by atoms with Crippen LogP contribution >= 0.6 is 0 Å². The summed E-state index contributed by atoms with van der Waals surface area (Å²) in [5.41, 5.74) is 11.0. The lowest BCUT2D eigenvalue weighted by molar-refractivity contribution is 0.811. The van der Waals surface area contributed by atoms with Crippen LogP contribution < -0.4 is 11.1 Å². The van der Waals surface area contributed by atoms with Crippen molar-refractivity contribution in [3.63, 3.8) is 0 Å². The second-order valence-electron chi connectivity index (χ2n) is 4.07. The maximum absolute atomic E-state index is 6.17. The quantitative estimate of drug-likeness (QED) is 0.652. The summed E-state index contributed by atoms with van der Waals surface area (Å²) in [6.45, 7) is 0. The van der Waals surface area contributed by atoms with E-state index in [0.29, 0.717) is 6.04 Å². The van der Waals surface area contributed by atoms with Crippen molar-refractivity contribution in [1.29, 1.82) is 0 Å². The fourth-order valence-corrected chi connectivity index (χ4v) is 2.53. The van der Waals surface area contributed by atoms with Gasteiger partial charge in [-0.3, -0.25) is 0 Å². The molecule has 1 aromatic rings. The van der Waals surface area contributed by atoms with Gasteiger partial charge in [0.05, 0.1) is 0 Å². The summed E-state index contributed by atoms with van der Waals surface area (Å²) in [5.74, 6) is 0. The van der Waals surface area contributed by atoms with Crippen LogP contribution in [0.25, 0.3) is 5.70 Å². The van der Waals surface area contributed by atoms with E-state index in [4.69, 9.17) is 5.73 Å². The Bertz CT molecular complexity index is 407. The predicted octanol–water partition coefficient (Wildman–Crippen LogP) is 2.33. The predicted molar refractivity (Wildman–Crippen MR) is 58.8 cm³/mol. The molecule has 1 aliphatic carbocycles. The summed E-state index contributed by atoms with van der Waals surface area (Å²) >= 11 is 0. The highest BCUT2D eigenvalue weighted by molar-refractivity contribution is 5.81. The first-order valence-corrected chi connectivity index (χ1v) is 5.21. The Morgan fingerprint density at radius 3 is 3.07 bits per heavy atom. The van der Waals surface area contributed by atoms with E-state index < -0.39 is 0 Å². The van der Waals surface area contributed by atoms with Gasteiger partial charge in [0.15, 0.2) is 0 Å². The van der Waals surface area contributed by atoms with Gasteiger partial charge in [-0.2, -0.15) is 0 Å². The summed E-state index contributed by atoms with van der Waals surface area (Å²) in [6.07, 6.45) is 3.66. The third kappa shape index (κ3) is 0.969. The Morgan fingerprint density at radius 2 is 2.14 bits per heavy atom. The zero-order valence-corrected chi connectivity index (χ0v) is 8.09. The average Bonchev–Trinajstić information content (AvgIpc) is 2.66. The van der Waals surface area contributed by atoms with Crippen LogP contribution in [0.5, 0.6) is 0 Å². The van der Waals surface area contributed by atoms with Gasteiger partial charge in [-0.05, 0) is 30.9 Å². The molecule has 72 valence electrons. The van der Waals surface area contributed by atoms with Crippen molar-refractivity contribution in [3.05, 3.63) is 35.4 Å². The Kier molecular flexibility index (Phi) is 1.57. The largest absolute Gasteiger partial charge is 0.398 e. The Hall–Kier alpha value is -1.44. The number of fused-ring (bicyclic) bond motifs is 2. The molecule has 1 heterocycles. The zero-order chi connectivity index (χ0) is 9.54. The standard InChI is InChI=1S/C12H14N2/c13-12-8-4-1-2-6-10(8)14-11-7-3-5-9(11)12/h1-2,4,6,11,14H,3,5,7,13H2. The number of nitrogens with one attached hydrogen (secondary N) is 1. The number of para-hydroxylation sites is 1. The van der Waals surface area contributed by atoms with Crippen LogP contribution in [0.4, 0.5) is 5.69 Å². The van der Waals surface area contributed by atoms with Crippen LogP contribution in [0, 0.1) is 0 Å². The first-order valence-electron chi connectivity index (χ1n) is 5.21. The van der Waals surface area contributed by atoms with Gasteiger partial charge >= 0.3 is 0 Å². The van der Waals surface area contributed by atoms with E-state index in [2.05, 4.69) is 23.5 Å². The van der Waals surface area contributed by atoms with Crippen molar-refractivity contribution in [3.8, 4) is 0 Å². The summed E-state index contributed by atoms with van der Waals surface area (Å²) in [5, 5.41) is 3.55. The minimum atomic E-state index is 0.505. The van der Waals surface area contributed by atoms with Crippen molar-refractivity contribution < 1.29 is 0 Å². The highest BCUT2D eigenvalue weighted by Gasteiger charge is 2.28. The second kappa shape index (κ2) is 2.77. The molecule has 3 rings (SSSR count). The summed E-state index contributed by atoms with van der Waals surface area (Å²) in [6, 6.07) is 8.81. The molecule has 14 heavy (non-hydrogen) atoms. The van der Waals surface area contributed by atoms with Gasteiger partial charge < -0.3 is 11.1 Å². The molecule has 0 aromatic heterocycles. The van der Waals surface area contributed by atoms with Gasteiger partial charge in [0.2, 0.25) is 0 Å². The van der Waals surface area contributed by atoms with Crippen LogP contribution in [0.1, 0.15) is 24.8 Å². The molecule has 0 radical (unpaired) electrons. The molecule has 1 atom stereocenters. The highest BCUT2D eigenvalue weighted by atomic mass is 15.0. The molecular weight excluding hydrogens is 172 g/mol. The molecule has 0 amide bonds. The van der Waals surface area contributed by atoms with E-state index in [9.17, 15) is 0 Å². The normalized spacial score (nSPS) is 24.1. The molecule has 0 spiro atoms. The molecule has 1 fully saturated rings. The molecule has 2 heteroatoms. The zero-order valence-electron chi connectivity index (χ0n) is 8.09. The van der Waals surface area contributed by atoms with Gasteiger partial charge in [-0.1, -0.05) is 18.2 Å². The molecule has 1 aliphatic heterocycles. The lowest BCUT2D eigenvalue weighted by atomic mass is 9.97. The molecule has 2 nitrogen and oxygen atoms in total. The number of benzene rings is 1. The van der Waals surface area contributed by atoms with Crippen molar-refractivity contribution in [2.75, 3.05) is 5.32 Å². The highest BCUT2D eigenvalue weighted by Crippen LogP contribution is 2.38. The maximum atomic E-state index is 6.17. The Morgan fingerprint density at radius 1 is 1.29 bits per heavy atom. The van der Waals surface area contributed by atoms with Crippen LogP contribution in [-0.2, 0) is 0 Å². The first kappa shape index (κ1) is 7.92. The average molecular weight is 186 g/mol. The first-order chi connectivity index (χ1) is 6.86. The van der Waals surface area contributed by atoms with E-state index in [-0.39, 0.29) is 0 Å². The SMILES string of the molecule is NC1=C2CCCC2Nc2ccccc21. The molecule has 2 aliphatic rings. The van der Waals surface area contributed by atoms with Gasteiger partial charge in [-0.15, -0.1) is 0 Å². The number of nitrogens with two attached hydrogens (primary N) is 1. The smallest absolute Gasteiger partial charge is 0.0497 e. The molecule has 0 saturated heterocycles. The molecule has 1 aromatic carbocycles. The molecular formula is C12H14N2. The number of hydrogen-bond acceptors (Lipinski definition) is 2. The Balaban J connectivity index is 2.18. The topological polar surface area (TPSA) is 38.0 Å². The van der Waals surface area contributed by atoms with Crippen LogP contribution in [0.3, 0.4) is 0 Å². The minimum absolute atomic E-state index is 0.505. The van der Waals surface area contributed by atoms with Crippen molar-refractivity contribution in [2.45, 2.75) is 25.3 Å². The third-order valence-corrected chi connectivity index (χ3v) is 3.25. The van der Waals surface area contributed by atoms with Crippen molar-refractivity contribution in [2.24, 2.45) is 5.73 Å². The van der Waals surface area contributed by atoms with E-state index in [1.54, 1.807) is 0 Å². The fourth-order valence-electron chi connectivity index (χ4n) is 2.53. The molecule has 3 N–H and O–H groups in total. The van der Waals surface area contributed by atoms with E-state index >= 15 is 0 Å². The van der Waals surface area contributed by atoms with Crippen LogP contribution in [0.2, 0.25) is 0 Å². The second-order valence-corrected chi connectivity index (χ2v) is 4.07. The summed E-state index contributed by atoms with van der Waals surface area (Å²) < 4.78 is 0. The number of rotatable bonds is 0. The minimum Gasteiger partial charge on any atom is -0.398 e. The van der Waals surface area contributed by atoms with E-state index in [0.717, 1.165) is 12.1 Å². The van der Waals surface area contributed by atoms with E-state index in [1.165, 1.54) is 29.7 Å². The van der Waals surface area contributed by atoms with Crippen molar-refractivity contribution >= 4 is 11.4 Å². The number of anilines is 1. The molecule has 1 unspecified atom stereocenters. The summed E-state index contributed by atoms with van der Waals surface area (Å²) in [4.78, 5) is 0. The molecule has 0 bridgehead atoms. The van der Waals surface area contributed by atoms with Gasteiger partial charge in [0.1, 0.15) is 0 Å². The van der Waals surface area contributed by atoms with Crippen LogP contribution in [-0.4, -0.2) is 6.04 Å². The fraction of sp³-hybridized carbons (Fsp3) is 0.333. The number of hydrogen-bond donors (Lipinski definition) is 2. The lowest BCUT2D eigenvalue weighted by Crippen LogP contribution is -2.25. The lowest BCUT2D eigenvalue weighted by Gasteiger charge is -2.26. The van der Waals surface area contributed by atoms with E-state index in [1.807, 2.05) is 6.07 Å². The van der Waals surface area contributed by atoms with Gasteiger partial charge in [-0.25, -0.2) is 0 Å². The summed E-state index contributed by atoms with van der Waals surface area (Å²) in [7, 11) is 0. The Labute approximate surface area is 83.8 Å². The van der Waals surface area contributed by atoms with Gasteiger partial charge in [0, 0.05) is 23.0 Å². The van der Waals surface area contributed by atoms with Gasteiger partial charge in [0.25, 0.3) is 0 Å².